The largest absolute Gasteiger partial charge is 0.459 e. The average molecular weight is 533 g/mol. The van der Waals surface area contributed by atoms with Crippen LogP contribution in [0.15, 0.2) is 23.3 Å². The highest BCUT2D eigenvalue weighted by atomic mass is 16.7. The summed E-state index contributed by atoms with van der Waals surface area (Å²) in [6, 6.07) is 0. The van der Waals surface area contributed by atoms with Crippen LogP contribution in [-0.4, -0.2) is 64.4 Å². The first-order valence-corrected chi connectivity index (χ1v) is 13.4. The maximum Gasteiger partial charge on any atom is 0.333 e. The van der Waals surface area contributed by atoms with Crippen molar-refractivity contribution < 1.29 is 43.2 Å². The average Bonchev–Trinajstić information content (AvgIpc) is 3.62. The highest BCUT2D eigenvalue weighted by Crippen LogP contribution is 2.68. The van der Waals surface area contributed by atoms with E-state index in [0.29, 0.717) is 17.6 Å². The van der Waals surface area contributed by atoms with Crippen LogP contribution >= 0.6 is 0 Å². The fourth-order valence-electron chi connectivity index (χ4n) is 7.24. The Morgan fingerprint density at radius 2 is 1.66 bits per heavy atom. The number of carbonyl (C=O) groups is 4. The summed E-state index contributed by atoms with van der Waals surface area (Å²) in [6.45, 7) is 15.2. The fourth-order valence-corrected chi connectivity index (χ4v) is 7.24. The summed E-state index contributed by atoms with van der Waals surface area (Å²) in [6.07, 6.45) is -0.102. The van der Waals surface area contributed by atoms with E-state index >= 15 is 0 Å². The molecule has 4 rings (SSSR count). The van der Waals surface area contributed by atoms with Crippen LogP contribution in [0.1, 0.15) is 68.7 Å². The number of esters is 3. The van der Waals surface area contributed by atoms with E-state index in [0.717, 1.165) is 0 Å². The topological polar surface area (TPSA) is 129 Å². The SMILES string of the molecule is CC=C(C)C(=O)OC1C(C)C(=O)C23CC(C)C(OC(C)=O)C2(C=C(C)C(OC(C)=O)C(O)C2C1C2(C)C)O3. The zero-order valence-electron chi connectivity index (χ0n) is 23.7. The number of hydrogen-bond acceptors (Lipinski definition) is 9. The maximum atomic E-state index is 14.3. The van der Waals surface area contributed by atoms with Gasteiger partial charge < -0.3 is 24.1 Å². The van der Waals surface area contributed by atoms with Crippen LogP contribution in [0.25, 0.3) is 0 Å². The van der Waals surface area contributed by atoms with Crippen molar-refractivity contribution in [3.05, 3.63) is 23.3 Å². The van der Waals surface area contributed by atoms with E-state index in [1.807, 2.05) is 20.8 Å². The number of hydrogen-bond donors (Lipinski definition) is 1. The lowest BCUT2D eigenvalue weighted by atomic mass is 9.80. The molecule has 1 N–H and O–H groups in total. The Bertz CT molecular complexity index is 1120. The normalized spacial score (nSPS) is 43.4. The summed E-state index contributed by atoms with van der Waals surface area (Å²) in [5.41, 5.74) is -2.17. The van der Waals surface area contributed by atoms with Crippen LogP contribution < -0.4 is 0 Å². The van der Waals surface area contributed by atoms with Crippen LogP contribution in [0, 0.1) is 29.1 Å². The molecule has 4 aliphatic rings. The molecule has 0 aromatic heterocycles. The van der Waals surface area contributed by atoms with Crippen LogP contribution in [0.3, 0.4) is 0 Å². The number of ketones is 1. The maximum absolute atomic E-state index is 14.3. The highest BCUT2D eigenvalue weighted by Gasteiger charge is 2.84. The second kappa shape index (κ2) is 9.30. The molecule has 0 spiro atoms. The minimum absolute atomic E-state index is 0.204. The van der Waals surface area contributed by atoms with Gasteiger partial charge in [-0.2, -0.15) is 0 Å². The monoisotopic (exact) mass is 532 g/mol. The quantitative estimate of drug-likeness (QED) is 0.191. The Labute approximate surface area is 223 Å². The van der Waals surface area contributed by atoms with E-state index in [1.165, 1.54) is 13.8 Å². The van der Waals surface area contributed by atoms with E-state index in [1.54, 1.807) is 39.8 Å². The van der Waals surface area contributed by atoms with Gasteiger partial charge in [-0.3, -0.25) is 14.4 Å². The molecular weight excluding hydrogens is 492 g/mol. The van der Waals surface area contributed by atoms with E-state index < -0.39 is 70.8 Å². The van der Waals surface area contributed by atoms with Gasteiger partial charge >= 0.3 is 17.9 Å². The summed E-state index contributed by atoms with van der Waals surface area (Å²) >= 11 is 0. The number of Topliss-reactive ketones (excluding diaryl/α,β-unsaturated/α-hetero) is 1. The zero-order valence-corrected chi connectivity index (χ0v) is 23.7. The minimum Gasteiger partial charge on any atom is -0.459 e. The Morgan fingerprint density at radius 3 is 2.21 bits per heavy atom. The van der Waals surface area contributed by atoms with Gasteiger partial charge in [0.1, 0.15) is 18.3 Å². The van der Waals surface area contributed by atoms with Crippen molar-refractivity contribution in [1.29, 1.82) is 0 Å². The fraction of sp³-hybridized carbons (Fsp3) is 0.724. The summed E-state index contributed by atoms with van der Waals surface area (Å²) in [7, 11) is 0. The Hall–Kier alpha value is -2.52. The van der Waals surface area contributed by atoms with Crippen molar-refractivity contribution in [2.45, 2.75) is 104 Å². The first-order valence-electron chi connectivity index (χ1n) is 13.4. The van der Waals surface area contributed by atoms with Gasteiger partial charge in [-0.25, -0.2) is 4.79 Å². The predicted molar refractivity (Wildman–Crippen MR) is 135 cm³/mol. The lowest BCUT2D eigenvalue weighted by Gasteiger charge is -2.28. The van der Waals surface area contributed by atoms with E-state index in [9.17, 15) is 24.3 Å². The Balaban J connectivity index is 1.88. The van der Waals surface area contributed by atoms with Gasteiger partial charge in [0.25, 0.3) is 0 Å². The molecule has 0 bridgehead atoms. The van der Waals surface area contributed by atoms with Gasteiger partial charge in [-0.1, -0.05) is 33.8 Å². The summed E-state index contributed by atoms with van der Waals surface area (Å²) in [4.78, 5) is 51.4. The third-order valence-electron chi connectivity index (χ3n) is 9.29. The molecule has 0 amide bonds. The Morgan fingerprint density at radius 1 is 1.05 bits per heavy atom. The number of fused-ring (bicyclic) bond motifs is 1. The molecule has 1 heterocycles. The van der Waals surface area contributed by atoms with E-state index in [2.05, 4.69) is 0 Å². The van der Waals surface area contributed by atoms with Crippen LogP contribution in [0.2, 0.25) is 0 Å². The number of ether oxygens (including phenoxy) is 4. The van der Waals surface area contributed by atoms with Gasteiger partial charge in [0, 0.05) is 31.3 Å². The highest BCUT2D eigenvalue weighted by molar-refractivity contribution is 5.96. The van der Waals surface area contributed by atoms with Crippen molar-refractivity contribution in [1.82, 2.24) is 0 Å². The lowest BCUT2D eigenvalue weighted by molar-refractivity contribution is -0.153. The molecule has 9 heteroatoms. The van der Waals surface area contributed by atoms with Crippen molar-refractivity contribution >= 4 is 23.7 Å². The second-order valence-electron chi connectivity index (χ2n) is 12.2. The van der Waals surface area contributed by atoms with Gasteiger partial charge in [0.2, 0.25) is 0 Å². The molecule has 2 saturated carbocycles. The number of rotatable bonds is 4. The number of aliphatic hydroxyl groups is 1. The number of allylic oxidation sites excluding steroid dienone is 1. The molecule has 38 heavy (non-hydrogen) atoms. The van der Waals surface area contributed by atoms with Crippen molar-refractivity contribution in [3.8, 4) is 0 Å². The molecule has 0 radical (unpaired) electrons. The molecule has 210 valence electrons. The first kappa shape index (κ1) is 28.5. The summed E-state index contributed by atoms with van der Waals surface area (Å²) in [5, 5.41) is 11.6. The van der Waals surface area contributed by atoms with Gasteiger partial charge in [-0.05, 0) is 50.2 Å². The smallest absolute Gasteiger partial charge is 0.333 e. The predicted octanol–water partition coefficient (Wildman–Crippen LogP) is 3.07. The number of aliphatic hydroxyl groups excluding tert-OH is 1. The summed E-state index contributed by atoms with van der Waals surface area (Å²) in [5.74, 6) is -3.60. The van der Waals surface area contributed by atoms with Crippen molar-refractivity contribution in [3.63, 3.8) is 0 Å². The Kier molecular flexibility index (Phi) is 6.97. The second-order valence-corrected chi connectivity index (χ2v) is 12.2. The molecule has 0 aromatic rings. The van der Waals surface area contributed by atoms with Crippen molar-refractivity contribution in [2.75, 3.05) is 0 Å². The first-order chi connectivity index (χ1) is 17.6. The molecule has 9 nitrogen and oxygen atoms in total. The van der Waals surface area contributed by atoms with E-state index in [-0.39, 0.29) is 17.6 Å². The third-order valence-corrected chi connectivity index (χ3v) is 9.29. The minimum atomic E-state index is -1.29. The molecule has 3 aliphatic carbocycles. The van der Waals surface area contributed by atoms with E-state index in [4.69, 9.17) is 18.9 Å². The molecule has 1 saturated heterocycles. The zero-order chi connectivity index (χ0) is 28.5. The van der Waals surface area contributed by atoms with Gasteiger partial charge in [0.05, 0.1) is 12.0 Å². The van der Waals surface area contributed by atoms with Gasteiger partial charge in [-0.15, -0.1) is 0 Å². The third kappa shape index (κ3) is 4.13. The molecule has 0 aromatic carbocycles. The standard InChI is InChI=1S/C29H40O9/c1-10-13(2)26(34)37-23-16(5)24(33)28-12-15(4)25(36-18(7)31)29(28,38-28)11-14(3)22(35-17(6)30)21(32)19-20(23)27(19,8)9/h10-11,15-16,19-23,25,32H,12H2,1-9H3. The molecule has 1 aliphatic heterocycles. The molecule has 3 fully saturated rings. The van der Waals surface area contributed by atoms with Crippen LogP contribution in [-0.2, 0) is 38.1 Å². The van der Waals surface area contributed by atoms with Crippen LogP contribution in [0.4, 0.5) is 0 Å². The van der Waals surface area contributed by atoms with Crippen molar-refractivity contribution in [2.24, 2.45) is 29.1 Å². The number of carbonyl (C=O) groups excluding carboxylic acids is 4. The molecule has 10 unspecified atom stereocenters. The molecular formula is C29H40O9. The van der Waals surface area contributed by atoms with Crippen LogP contribution in [0.5, 0.6) is 0 Å². The number of epoxide rings is 1. The molecule has 10 atom stereocenters. The summed E-state index contributed by atoms with van der Waals surface area (Å²) < 4.78 is 23.6. The lowest BCUT2D eigenvalue weighted by Crippen LogP contribution is -2.43. The van der Waals surface area contributed by atoms with Gasteiger partial charge in [0.15, 0.2) is 17.0 Å².